The van der Waals surface area contributed by atoms with Gasteiger partial charge in [-0.2, -0.15) is 4.98 Å². The van der Waals surface area contributed by atoms with Crippen molar-refractivity contribution in [1.29, 1.82) is 0 Å². The molecular formula is C33H31N7O2. The minimum atomic E-state index is -0.525. The smallest absolute Gasteiger partial charge is 0.255 e. The van der Waals surface area contributed by atoms with Crippen molar-refractivity contribution >= 4 is 23.2 Å². The van der Waals surface area contributed by atoms with Gasteiger partial charge in [0.05, 0.1) is 17.5 Å². The number of aromatic nitrogens is 4. The van der Waals surface area contributed by atoms with Gasteiger partial charge >= 0.3 is 0 Å². The van der Waals surface area contributed by atoms with Crippen LogP contribution in [0, 0.1) is 0 Å². The second kappa shape index (κ2) is 11.6. The molecule has 1 amide bonds. The Morgan fingerprint density at radius 1 is 0.976 bits per heavy atom. The van der Waals surface area contributed by atoms with Crippen molar-refractivity contribution in [2.24, 2.45) is 0 Å². The van der Waals surface area contributed by atoms with E-state index in [9.17, 15) is 4.79 Å². The minimum Gasteiger partial charge on any atom is -0.489 e. The molecule has 9 nitrogen and oxygen atoms in total. The molecule has 3 heterocycles. The molecule has 0 spiro atoms. The molecule has 2 N–H and O–H groups in total. The van der Waals surface area contributed by atoms with Crippen LogP contribution in [0.4, 0.5) is 17.3 Å². The molecule has 3 aromatic carbocycles. The third-order valence-corrected chi connectivity index (χ3v) is 7.10. The van der Waals surface area contributed by atoms with Gasteiger partial charge in [0.2, 0.25) is 5.95 Å². The minimum absolute atomic E-state index is 0.250. The van der Waals surface area contributed by atoms with Crippen LogP contribution < -0.4 is 20.3 Å². The Labute approximate surface area is 244 Å². The van der Waals surface area contributed by atoms with Crippen LogP contribution in [0.25, 0.3) is 11.4 Å². The highest BCUT2D eigenvalue weighted by Crippen LogP contribution is 2.37. The van der Waals surface area contributed by atoms with Crippen molar-refractivity contribution in [1.82, 2.24) is 19.7 Å². The summed E-state index contributed by atoms with van der Waals surface area (Å²) in [7, 11) is 4.00. The topological polar surface area (TPSA) is 97.2 Å². The van der Waals surface area contributed by atoms with Gasteiger partial charge in [0.25, 0.3) is 5.91 Å². The molecule has 0 saturated heterocycles. The molecular weight excluding hydrogens is 526 g/mol. The molecule has 0 aliphatic carbocycles. The summed E-state index contributed by atoms with van der Waals surface area (Å²) in [5.74, 6) is 1.61. The van der Waals surface area contributed by atoms with Gasteiger partial charge in [0.15, 0.2) is 5.82 Å². The van der Waals surface area contributed by atoms with Crippen LogP contribution >= 0.6 is 0 Å². The van der Waals surface area contributed by atoms with E-state index in [1.54, 1.807) is 29.2 Å². The predicted molar refractivity (Wildman–Crippen MR) is 164 cm³/mol. The van der Waals surface area contributed by atoms with Crippen LogP contribution in [0.5, 0.6) is 5.75 Å². The fourth-order valence-electron chi connectivity index (χ4n) is 4.91. The number of ether oxygens (including phenoxy) is 1. The van der Waals surface area contributed by atoms with E-state index in [0.717, 1.165) is 28.1 Å². The average molecular weight is 558 g/mol. The predicted octanol–water partition coefficient (Wildman–Crippen LogP) is 5.91. The number of anilines is 3. The molecule has 6 rings (SSSR count). The van der Waals surface area contributed by atoms with E-state index in [-0.39, 0.29) is 5.91 Å². The number of hydrogen-bond donors (Lipinski definition) is 2. The number of carbonyl (C=O) groups excluding carboxylic acids is 1. The highest BCUT2D eigenvalue weighted by atomic mass is 16.5. The van der Waals surface area contributed by atoms with E-state index in [2.05, 4.69) is 15.6 Å². The van der Waals surface area contributed by atoms with Crippen LogP contribution in [0.2, 0.25) is 0 Å². The van der Waals surface area contributed by atoms with E-state index in [4.69, 9.17) is 14.8 Å². The van der Waals surface area contributed by atoms with Crippen LogP contribution in [-0.2, 0) is 11.4 Å². The van der Waals surface area contributed by atoms with Gasteiger partial charge in [-0.25, -0.2) is 4.68 Å². The summed E-state index contributed by atoms with van der Waals surface area (Å²) >= 11 is 0. The summed E-state index contributed by atoms with van der Waals surface area (Å²) in [5, 5.41) is 11.2. The molecule has 42 heavy (non-hydrogen) atoms. The molecule has 1 aliphatic rings. The zero-order valence-electron chi connectivity index (χ0n) is 23.7. The van der Waals surface area contributed by atoms with E-state index in [0.29, 0.717) is 35.3 Å². The number of carbonyl (C=O) groups is 1. The fourth-order valence-corrected chi connectivity index (χ4v) is 4.91. The number of allylic oxidation sites excluding steroid dienone is 1. The number of nitrogens with one attached hydrogen (secondary N) is 2. The van der Waals surface area contributed by atoms with Crippen molar-refractivity contribution in [2.75, 3.05) is 29.6 Å². The third-order valence-electron chi connectivity index (χ3n) is 7.10. The average Bonchev–Trinajstić information content (AvgIpc) is 3.44. The number of benzene rings is 3. The molecule has 5 aromatic rings. The summed E-state index contributed by atoms with van der Waals surface area (Å²) in [6.45, 7) is 2.35. The fraction of sp³-hybridized carbons (Fsp3) is 0.152. The Kier molecular flexibility index (Phi) is 7.38. The Morgan fingerprint density at radius 2 is 1.74 bits per heavy atom. The van der Waals surface area contributed by atoms with Gasteiger partial charge < -0.3 is 20.3 Å². The van der Waals surface area contributed by atoms with Crippen LogP contribution in [0.15, 0.2) is 115 Å². The quantitative estimate of drug-likeness (QED) is 0.245. The van der Waals surface area contributed by atoms with E-state index in [1.807, 2.05) is 105 Å². The van der Waals surface area contributed by atoms with Crippen molar-refractivity contribution in [3.63, 3.8) is 0 Å². The summed E-state index contributed by atoms with van der Waals surface area (Å²) in [6, 6.07) is 28.9. The first-order chi connectivity index (χ1) is 20.5. The molecule has 0 saturated carbocycles. The second-order valence-electron chi connectivity index (χ2n) is 10.3. The molecule has 0 bridgehead atoms. The van der Waals surface area contributed by atoms with Crippen LogP contribution in [-0.4, -0.2) is 39.8 Å². The zero-order chi connectivity index (χ0) is 29.1. The number of pyridine rings is 1. The number of hydrogen-bond acceptors (Lipinski definition) is 7. The first-order valence-electron chi connectivity index (χ1n) is 13.7. The normalized spacial score (nSPS) is 14.1. The third kappa shape index (κ3) is 5.57. The maximum absolute atomic E-state index is 13.7. The van der Waals surface area contributed by atoms with Crippen molar-refractivity contribution in [2.45, 2.75) is 19.6 Å². The van der Waals surface area contributed by atoms with Crippen LogP contribution in [0.1, 0.15) is 24.1 Å². The maximum atomic E-state index is 13.7. The van der Waals surface area contributed by atoms with Crippen molar-refractivity contribution in [3.8, 4) is 17.1 Å². The first-order valence-corrected chi connectivity index (χ1v) is 13.7. The lowest BCUT2D eigenvalue weighted by atomic mass is 9.95. The number of amides is 1. The van der Waals surface area contributed by atoms with Gasteiger partial charge in [-0.3, -0.25) is 9.78 Å². The highest BCUT2D eigenvalue weighted by Gasteiger charge is 2.34. The SMILES string of the molecule is CC1=C(C(=O)Nc2cccnc2)C(c2ccc(OCc3ccccc3)cc2)n2nc(-c3ccc(N(C)C)cc3)nc2N1. The standard InChI is InChI=1S/C33H31N7O2/c1-22-29(32(41)36-26-10-7-19-34-20-26)30(24-13-17-28(18-14-24)42-21-23-8-5-4-6-9-23)40-33(35-22)37-31(38-40)25-11-15-27(16-12-25)39(2)3/h4-20,30H,21H2,1-3H3,(H,36,41)(H,35,37,38). The summed E-state index contributed by atoms with van der Waals surface area (Å²) in [5.41, 5.74) is 5.76. The summed E-state index contributed by atoms with van der Waals surface area (Å²) in [4.78, 5) is 24.7. The number of nitrogens with zero attached hydrogens (tertiary/aromatic N) is 5. The lowest BCUT2D eigenvalue weighted by molar-refractivity contribution is -0.113. The van der Waals surface area contributed by atoms with E-state index < -0.39 is 6.04 Å². The lowest BCUT2D eigenvalue weighted by Gasteiger charge is -2.28. The van der Waals surface area contributed by atoms with Gasteiger partial charge in [-0.15, -0.1) is 5.10 Å². The Hall–Kier alpha value is -5.44. The molecule has 1 aliphatic heterocycles. The monoisotopic (exact) mass is 557 g/mol. The summed E-state index contributed by atoms with van der Waals surface area (Å²) in [6.07, 6.45) is 3.29. The largest absolute Gasteiger partial charge is 0.489 e. The number of fused-ring (bicyclic) bond motifs is 1. The van der Waals surface area contributed by atoms with Gasteiger partial charge in [0, 0.05) is 37.2 Å². The van der Waals surface area contributed by atoms with Crippen molar-refractivity contribution < 1.29 is 9.53 Å². The Morgan fingerprint density at radius 3 is 2.43 bits per heavy atom. The molecule has 210 valence electrons. The molecule has 1 unspecified atom stereocenters. The van der Waals surface area contributed by atoms with Crippen LogP contribution in [0.3, 0.4) is 0 Å². The molecule has 9 heteroatoms. The van der Waals surface area contributed by atoms with E-state index in [1.165, 1.54) is 0 Å². The van der Waals surface area contributed by atoms with Gasteiger partial charge in [-0.05, 0) is 66.6 Å². The highest BCUT2D eigenvalue weighted by molar-refractivity contribution is 6.06. The lowest BCUT2D eigenvalue weighted by Crippen LogP contribution is -2.31. The zero-order valence-corrected chi connectivity index (χ0v) is 23.7. The molecule has 1 atom stereocenters. The molecule has 2 aromatic heterocycles. The number of rotatable bonds is 8. The Bertz CT molecular complexity index is 1710. The van der Waals surface area contributed by atoms with Gasteiger partial charge in [0.1, 0.15) is 18.4 Å². The maximum Gasteiger partial charge on any atom is 0.255 e. The molecule has 0 radical (unpaired) electrons. The van der Waals surface area contributed by atoms with E-state index >= 15 is 0 Å². The second-order valence-corrected chi connectivity index (χ2v) is 10.3. The first kappa shape index (κ1) is 26.8. The summed E-state index contributed by atoms with van der Waals surface area (Å²) < 4.78 is 7.80. The Balaban J connectivity index is 1.35. The van der Waals surface area contributed by atoms with Gasteiger partial charge in [-0.1, -0.05) is 42.5 Å². The van der Waals surface area contributed by atoms with Crippen molar-refractivity contribution in [3.05, 3.63) is 126 Å². The molecule has 0 fully saturated rings.